The molecule has 0 spiro atoms. The number of hydrogen-bond acceptors (Lipinski definition) is 4. The Morgan fingerprint density at radius 2 is 1.79 bits per heavy atom. The van der Waals surface area contributed by atoms with Crippen LogP contribution in [0.25, 0.3) is 0 Å². The number of methoxy groups -OCH3 is 1. The van der Waals surface area contributed by atoms with Crippen LogP contribution in [0.4, 0.5) is 0 Å². The molecule has 1 aromatic rings. The maximum absolute atomic E-state index is 12.4. The molecule has 0 radical (unpaired) electrons. The van der Waals surface area contributed by atoms with E-state index >= 15 is 0 Å². The molecule has 126 valence electrons. The highest BCUT2D eigenvalue weighted by Crippen LogP contribution is 2.20. The second kappa shape index (κ2) is 7.67. The first-order chi connectivity index (χ1) is 11.4. The number of benzene rings is 1. The van der Waals surface area contributed by atoms with Crippen molar-refractivity contribution in [2.75, 3.05) is 12.4 Å². The molecule has 2 rings (SSSR count). The molecule has 6 nitrogen and oxygen atoms in total. The molecule has 0 aromatic heterocycles. The van der Waals surface area contributed by atoms with Gasteiger partial charge in [-0.25, -0.2) is 4.99 Å². The van der Waals surface area contributed by atoms with Crippen molar-refractivity contribution in [2.24, 2.45) is 9.39 Å². The van der Waals surface area contributed by atoms with Gasteiger partial charge in [-0.05, 0) is 31.2 Å². The van der Waals surface area contributed by atoms with Crippen LogP contribution in [0.1, 0.15) is 6.92 Å². The monoisotopic (exact) mass is 410 g/mol. The average molecular weight is 411 g/mol. The van der Waals surface area contributed by atoms with Gasteiger partial charge in [-0.3, -0.25) is 4.79 Å². The van der Waals surface area contributed by atoms with Crippen molar-refractivity contribution >= 4 is 43.3 Å². The first-order valence-corrected chi connectivity index (χ1v) is 9.46. The number of hydrogen-bond donors (Lipinski definition) is 0. The Bertz CT molecular complexity index is 869. The molecular formula is C16H15BrN2O4S. The van der Waals surface area contributed by atoms with Crippen LogP contribution in [0.5, 0.6) is 0 Å². The number of nitrogens with zero attached hydrogens (tertiary/aromatic N) is 2. The fraction of sp³-hybridized carbons (Fsp3) is 0.188. The summed E-state index contributed by atoms with van der Waals surface area (Å²) in [6.45, 7) is 1.66. The number of ether oxygens (including phenoxy) is 1. The number of sulfonamides is 1. The molecule has 1 aliphatic rings. The molecule has 0 fully saturated rings. The van der Waals surface area contributed by atoms with E-state index in [-0.39, 0.29) is 21.8 Å². The predicted octanol–water partition coefficient (Wildman–Crippen LogP) is 2.67. The largest absolute Gasteiger partial charge is 0.494 e. The number of halogens is 1. The zero-order valence-corrected chi connectivity index (χ0v) is 15.5. The van der Waals surface area contributed by atoms with Crippen molar-refractivity contribution in [3.63, 3.8) is 0 Å². The van der Waals surface area contributed by atoms with Gasteiger partial charge in [0.1, 0.15) is 11.5 Å². The van der Waals surface area contributed by atoms with Crippen LogP contribution in [0.15, 0.2) is 68.1 Å². The number of amides is 1. The van der Waals surface area contributed by atoms with E-state index in [0.717, 1.165) is 0 Å². The highest BCUT2D eigenvalue weighted by molar-refractivity contribution is 9.09. The van der Waals surface area contributed by atoms with E-state index in [1.165, 1.54) is 31.4 Å². The van der Waals surface area contributed by atoms with Crippen molar-refractivity contribution in [1.29, 1.82) is 0 Å². The summed E-state index contributed by atoms with van der Waals surface area (Å²) in [6, 6.07) is 7.94. The molecule has 0 aliphatic heterocycles. The van der Waals surface area contributed by atoms with Gasteiger partial charge in [0.2, 0.25) is 0 Å². The normalized spacial score (nSPS) is 18.3. The molecule has 0 heterocycles. The van der Waals surface area contributed by atoms with Gasteiger partial charge in [-0.1, -0.05) is 34.1 Å². The summed E-state index contributed by atoms with van der Waals surface area (Å²) in [4.78, 5) is 15.5. The molecule has 1 amide bonds. The third-order valence-corrected chi connectivity index (χ3v) is 4.96. The van der Waals surface area contributed by atoms with Crippen LogP contribution < -0.4 is 0 Å². The van der Waals surface area contributed by atoms with E-state index < -0.39 is 10.0 Å². The van der Waals surface area contributed by atoms with Crippen molar-refractivity contribution in [3.8, 4) is 0 Å². The van der Waals surface area contributed by atoms with Gasteiger partial charge in [0.25, 0.3) is 15.9 Å². The van der Waals surface area contributed by atoms with Crippen LogP contribution in [0.2, 0.25) is 0 Å². The maximum Gasteiger partial charge on any atom is 0.282 e. The summed E-state index contributed by atoms with van der Waals surface area (Å²) in [5.41, 5.74) is 1.05. The summed E-state index contributed by atoms with van der Waals surface area (Å²) in [6.07, 6.45) is 3.00. The Labute approximate surface area is 148 Å². The Morgan fingerprint density at radius 3 is 2.38 bits per heavy atom. The van der Waals surface area contributed by atoms with Crippen LogP contribution in [0, 0.1) is 0 Å². The highest BCUT2D eigenvalue weighted by atomic mass is 79.9. The van der Waals surface area contributed by atoms with E-state index in [4.69, 9.17) is 4.74 Å². The van der Waals surface area contributed by atoms with Crippen molar-refractivity contribution in [3.05, 3.63) is 53.8 Å². The van der Waals surface area contributed by atoms with E-state index in [0.29, 0.717) is 17.0 Å². The summed E-state index contributed by atoms with van der Waals surface area (Å²) in [5, 5.41) is 0.0870. The zero-order valence-electron chi connectivity index (χ0n) is 13.1. The first kappa shape index (κ1) is 18.3. The molecule has 0 saturated heterocycles. The van der Waals surface area contributed by atoms with E-state index in [2.05, 4.69) is 25.3 Å². The number of carbonyl (C=O) groups is 1. The van der Waals surface area contributed by atoms with E-state index in [9.17, 15) is 13.2 Å². The minimum atomic E-state index is -3.84. The summed E-state index contributed by atoms with van der Waals surface area (Å²) >= 11 is 3.04. The summed E-state index contributed by atoms with van der Waals surface area (Å²) < 4.78 is 33.9. The molecule has 0 N–H and O–H groups in total. The number of alkyl halides is 1. The average Bonchev–Trinajstić information content (AvgIpc) is 2.58. The minimum Gasteiger partial charge on any atom is -0.494 e. The summed E-state index contributed by atoms with van der Waals surface area (Å²) in [5.74, 6) is -0.0527. The molecule has 8 heteroatoms. The fourth-order valence-electron chi connectivity index (χ4n) is 2.05. The highest BCUT2D eigenvalue weighted by Gasteiger charge is 2.21. The fourth-order valence-corrected chi connectivity index (χ4v) is 3.24. The predicted molar refractivity (Wildman–Crippen MR) is 96.1 cm³/mol. The van der Waals surface area contributed by atoms with Crippen molar-refractivity contribution in [2.45, 2.75) is 11.8 Å². The summed E-state index contributed by atoms with van der Waals surface area (Å²) in [7, 11) is -2.41. The lowest BCUT2D eigenvalue weighted by molar-refractivity contribution is -0.115. The maximum atomic E-state index is 12.4. The third-order valence-electron chi connectivity index (χ3n) is 3.18. The van der Waals surface area contributed by atoms with Crippen LogP contribution >= 0.6 is 15.9 Å². The smallest absolute Gasteiger partial charge is 0.282 e. The van der Waals surface area contributed by atoms with Gasteiger partial charge >= 0.3 is 0 Å². The number of aliphatic imine (C=N–C) groups is 1. The molecule has 0 atom stereocenters. The molecule has 0 bridgehead atoms. The lowest BCUT2D eigenvalue weighted by Crippen LogP contribution is -2.17. The lowest BCUT2D eigenvalue weighted by atomic mass is 10.0. The standard InChI is InChI=1S/C16H15BrN2O4S/c1-11-13(19-24(21,22)12-6-4-3-5-7-12)8-9-14(16(11)23-2)18-15(20)10-17/h3-9H,10H2,1-2H3/b18-14?,19-13-. The minimum absolute atomic E-state index is 0.0870. The van der Waals surface area contributed by atoms with E-state index in [1.807, 2.05) is 0 Å². The SMILES string of the molecule is COC1=C(C)/C(=N\S(=O)(=O)c2ccccc2)C=CC1=NC(=O)CBr. The van der Waals surface area contributed by atoms with E-state index in [1.54, 1.807) is 25.1 Å². The third kappa shape index (κ3) is 4.07. The number of carbonyl (C=O) groups excluding carboxylic acids is 1. The zero-order chi connectivity index (χ0) is 17.7. The second-order valence-electron chi connectivity index (χ2n) is 4.78. The van der Waals surface area contributed by atoms with Gasteiger partial charge in [-0.2, -0.15) is 12.8 Å². The van der Waals surface area contributed by atoms with Crippen LogP contribution in [-0.2, 0) is 19.6 Å². The molecule has 24 heavy (non-hydrogen) atoms. The van der Waals surface area contributed by atoms with Crippen LogP contribution in [-0.4, -0.2) is 38.2 Å². The number of rotatable bonds is 4. The molecule has 1 aromatic carbocycles. The molecule has 0 unspecified atom stereocenters. The van der Waals surface area contributed by atoms with Crippen LogP contribution in [0.3, 0.4) is 0 Å². The Balaban J connectivity index is 2.47. The van der Waals surface area contributed by atoms with Gasteiger partial charge in [0.15, 0.2) is 0 Å². The van der Waals surface area contributed by atoms with Gasteiger partial charge in [0.05, 0.1) is 23.0 Å². The second-order valence-corrected chi connectivity index (χ2v) is 6.95. The van der Waals surface area contributed by atoms with Gasteiger partial charge in [0, 0.05) is 5.57 Å². The van der Waals surface area contributed by atoms with Gasteiger partial charge < -0.3 is 4.74 Å². The molecule has 0 saturated carbocycles. The lowest BCUT2D eigenvalue weighted by Gasteiger charge is -2.15. The quantitative estimate of drug-likeness (QED) is 0.563. The van der Waals surface area contributed by atoms with Crippen molar-refractivity contribution in [1.82, 2.24) is 0 Å². The Hall–Kier alpha value is -2.06. The molecule has 1 aliphatic carbocycles. The van der Waals surface area contributed by atoms with Gasteiger partial charge in [-0.15, -0.1) is 0 Å². The molecular weight excluding hydrogens is 396 g/mol. The Morgan fingerprint density at radius 1 is 1.17 bits per heavy atom. The first-order valence-electron chi connectivity index (χ1n) is 6.90. The number of allylic oxidation sites excluding steroid dienone is 3. The topological polar surface area (TPSA) is 85.2 Å². The van der Waals surface area contributed by atoms with Crippen molar-refractivity contribution < 1.29 is 17.9 Å². The Kier molecular flexibility index (Phi) is 5.84.